The number of carbonyl (C=O) groups excluding carboxylic acids is 2. The summed E-state index contributed by atoms with van der Waals surface area (Å²) < 4.78 is 1.69. The van der Waals surface area contributed by atoms with Gasteiger partial charge in [-0.25, -0.2) is 9.55 Å². The molecule has 7 heteroatoms. The van der Waals surface area contributed by atoms with Gasteiger partial charge in [0, 0.05) is 18.4 Å². The molecule has 1 atom stereocenters. The molecule has 1 aliphatic heterocycles. The van der Waals surface area contributed by atoms with Gasteiger partial charge in [0.2, 0.25) is 10.7 Å². The summed E-state index contributed by atoms with van der Waals surface area (Å²) in [6.07, 6.45) is 2.74. The Morgan fingerprint density at radius 1 is 1.42 bits per heavy atom. The van der Waals surface area contributed by atoms with Gasteiger partial charge in [0.15, 0.2) is 0 Å². The van der Waals surface area contributed by atoms with Crippen LogP contribution in [-0.2, 0) is 4.79 Å². The highest BCUT2D eigenvalue weighted by Crippen LogP contribution is 2.28. The molecule has 2 aromatic rings. The smallest absolute Gasteiger partial charge is 0.257 e. The second-order valence-electron chi connectivity index (χ2n) is 5.87. The molecule has 1 aromatic heterocycles. The third-order valence-electron chi connectivity index (χ3n) is 4.13. The lowest BCUT2D eigenvalue weighted by Gasteiger charge is -2.09. The fraction of sp³-hybridized carbons (Fsp3) is 0.412. The van der Waals surface area contributed by atoms with Crippen LogP contribution in [0.25, 0.3) is 10.9 Å². The number of nitrogens with one attached hydrogen (secondary N) is 2. The maximum Gasteiger partial charge on any atom is 0.257 e. The summed E-state index contributed by atoms with van der Waals surface area (Å²) in [6, 6.07) is 7.11. The SMILES string of the molecule is CCCCNC(=O)CC[C@@H]1Nc2c3ccccc3nc(=S)n2C1=O. The van der Waals surface area contributed by atoms with Crippen LogP contribution in [0.1, 0.15) is 37.4 Å². The van der Waals surface area contributed by atoms with Crippen molar-refractivity contribution >= 4 is 40.8 Å². The number of amides is 1. The highest BCUT2D eigenvalue weighted by Gasteiger charge is 2.31. The molecule has 3 rings (SSSR count). The third-order valence-corrected chi connectivity index (χ3v) is 4.41. The van der Waals surface area contributed by atoms with Gasteiger partial charge in [-0.3, -0.25) is 9.59 Å². The zero-order valence-electron chi connectivity index (χ0n) is 13.5. The highest BCUT2D eigenvalue weighted by atomic mass is 32.1. The standard InChI is InChI=1S/C17H20N4O2S/c1-2-3-10-18-14(22)9-8-13-16(23)21-15(19-13)11-6-4-5-7-12(11)20-17(21)24/h4-7,13,19H,2-3,8-10H2,1H3,(H,18,22)/t13-/m0/s1. The number of rotatable bonds is 6. The quantitative estimate of drug-likeness (QED) is 0.622. The first-order chi connectivity index (χ1) is 11.6. The third kappa shape index (κ3) is 3.17. The molecule has 0 spiro atoms. The van der Waals surface area contributed by atoms with E-state index >= 15 is 0 Å². The second-order valence-corrected chi connectivity index (χ2v) is 6.24. The Balaban J connectivity index is 1.74. The van der Waals surface area contributed by atoms with Gasteiger partial charge < -0.3 is 10.6 Å². The van der Waals surface area contributed by atoms with Gasteiger partial charge in [-0.15, -0.1) is 0 Å². The molecule has 1 aromatic carbocycles. The van der Waals surface area contributed by atoms with E-state index in [1.165, 1.54) is 4.57 Å². The molecule has 24 heavy (non-hydrogen) atoms. The van der Waals surface area contributed by atoms with Crippen LogP contribution in [0, 0.1) is 4.77 Å². The molecule has 0 aliphatic carbocycles. The van der Waals surface area contributed by atoms with Crippen LogP contribution < -0.4 is 10.6 Å². The number of anilines is 1. The molecule has 0 saturated carbocycles. The Hall–Kier alpha value is -2.28. The maximum atomic E-state index is 12.6. The summed E-state index contributed by atoms with van der Waals surface area (Å²) >= 11 is 5.25. The fourth-order valence-corrected chi connectivity index (χ4v) is 3.11. The van der Waals surface area contributed by atoms with Gasteiger partial charge in [0.1, 0.15) is 11.9 Å². The van der Waals surface area contributed by atoms with E-state index in [-0.39, 0.29) is 16.6 Å². The van der Waals surface area contributed by atoms with Crippen molar-refractivity contribution in [2.24, 2.45) is 0 Å². The second kappa shape index (κ2) is 7.09. The molecular formula is C17H20N4O2S. The molecule has 0 bridgehead atoms. The molecule has 6 nitrogen and oxygen atoms in total. The van der Waals surface area contributed by atoms with E-state index in [4.69, 9.17) is 12.2 Å². The number of nitrogens with zero attached hydrogens (tertiary/aromatic N) is 2. The Morgan fingerprint density at radius 2 is 2.21 bits per heavy atom. The average molecular weight is 344 g/mol. The molecule has 0 fully saturated rings. The minimum Gasteiger partial charge on any atom is -0.359 e. The Labute approximate surface area is 145 Å². The normalized spacial score (nSPS) is 16.0. The van der Waals surface area contributed by atoms with Crippen LogP contribution in [0.3, 0.4) is 0 Å². The lowest BCUT2D eigenvalue weighted by Crippen LogP contribution is -2.29. The van der Waals surface area contributed by atoms with Gasteiger partial charge in [-0.1, -0.05) is 25.5 Å². The number of hydrogen-bond donors (Lipinski definition) is 2. The number of fused-ring (bicyclic) bond motifs is 3. The molecule has 2 N–H and O–H groups in total. The summed E-state index contributed by atoms with van der Waals surface area (Å²) in [6.45, 7) is 2.76. The monoisotopic (exact) mass is 344 g/mol. The van der Waals surface area contributed by atoms with Crippen LogP contribution in [0.4, 0.5) is 5.82 Å². The predicted octanol–water partition coefficient (Wildman–Crippen LogP) is 2.90. The Bertz CT molecular complexity index is 846. The summed E-state index contributed by atoms with van der Waals surface area (Å²) in [7, 11) is 0. The first-order valence-electron chi connectivity index (χ1n) is 8.21. The predicted molar refractivity (Wildman–Crippen MR) is 95.8 cm³/mol. The van der Waals surface area contributed by atoms with Crippen molar-refractivity contribution in [3.8, 4) is 0 Å². The molecular weight excluding hydrogens is 324 g/mol. The first kappa shape index (κ1) is 16.6. The van der Waals surface area contributed by atoms with Crippen LogP contribution >= 0.6 is 12.2 Å². The van der Waals surface area contributed by atoms with Crippen molar-refractivity contribution in [1.82, 2.24) is 14.9 Å². The van der Waals surface area contributed by atoms with E-state index < -0.39 is 6.04 Å². The summed E-state index contributed by atoms with van der Waals surface area (Å²) in [5.41, 5.74) is 0.756. The van der Waals surface area contributed by atoms with Crippen molar-refractivity contribution < 1.29 is 9.59 Å². The van der Waals surface area contributed by atoms with E-state index in [1.807, 2.05) is 24.3 Å². The molecule has 1 amide bonds. The zero-order chi connectivity index (χ0) is 17.1. The largest absolute Gasteiger partial charge is 0.359 e. The minimum absolute atomic E-state index is 0.0272. The van der Waals surface area contributed by atoms with Crippen molar-refractivity contribution in [2.75, 3.05) is 11.9 Å². The lowest BCUT2D eigenvalue weighted by molar-refractivity contribution is -0.121. The van der Waals surface area contributed by atoms with Crippen LogP contribution in [0.15, 0.2) is 24.3 Å². The van der Waals surface area contributed by atoms with E-state index in [2.05, 4.69) is 22.5 Å². The summed E-state index contributed by atoms with van der Waals surface area (Å²) in [5, 5.41) is 6.94. The zero-order valence-corrected chi connectivity index (χ0v) is 14.4. The minimum atomic E-state index is -0.448. The number of unbranched alkanes of at least 4 members (excludes halogenated alkanes) is 1. The van der Waals surface area contributed by atoms with Crippen LogP contribution in [0.2, 0.25) is 0 Å². The Morgan fingerprint density at radius 3 is 3.00 bits per heavy atom. The molecule has 0 unspecified atom stereocenters. The van der Waals surface area contributed by atoms with E-state index in [0.717, 1.165) is 23.7 Å². The highest BCUT2D eigenvalue weighted by molar-refractivity contribution is 7.71. The number of carbonyl (C=O) groups is 2. The number of benzene rings is 1. The fourth-order valence-electron chi connectivity index (χ4n) is 2.83. The lowest BCUT2D eigenvalue weighted by atomic mass is 10.1. The molecule has 0 saturated heterocycles. The van der Waals surface area contributed by atoms with Crippen molar-refractivity contribution in [3.63, 3.8) is 0 Å². The summed E-state index contributed by atoms with van der Waals surface area (Å²) in [4.78, 5) is 28.8. The molecule has 1 aliphatic rings. The molecule has 126 valence electrons. The van der Waals surface area contributed by atoms with E-state index in [1.54, 1.807) is 0 Å². The van der Waals surface area contributed by atoms with E-state index in [9.17, 15) is 9.59 Å². The average Bonchev–Trinajstić information content (AvgIpc) is 2.91. The number of hydrogen-bond acceptors (Lipinski definition) is 5. The van der Waals surface area contributed by atoms with E-state index in [0.29, 0.717) is 25.2 Å². The van der Waals surface area contributed by atoms with Gasteiger partial charge in [-0.2, -0.15) is 0 Å². The topological polar surface area (TPSA) is 76.0 Å². The number of para-hydroxylation sites is 1. The molecule has 2 heterocycles. The van der Waals surface area contributed by atoms with Gasteiger partial charge >= 0.3 is 0 Å². The van der Waals surface area contributed by atoms with Crippen molar-refractivity contribution in [1.29, 1.82) is 0 Å². The maximum absolute atomic E-state index is 12.6. The van der Waals surface area contributed by atoms with Crippen LogP contribution in [0.5, 0.6) is 0 Å². The van der Waals surface area contributed by atoms with Crippen molar-refractivity contribution in [3.05, 3.63) is 29.0 Å². The number of aromatic nitrogens is 2. The summed E-state index contributed by atoms with van der Waals surface area (Å²) in [5.74, 6) is 0.502. The van der Waals surface area contributed by atoms with Crippen LogP contribution in [-0.4, -0.2) is 34.0 Å². The van der Waals surface area contributed by atoms with Gasteiger partial charge in [-0.05, 0) is 37.2 Å². The van der Waals surface area contributed by atoms with Gasteiger partial charge in [0.25, 0.3) is 5.91 Å². The van der Waals surface area contributed by atoms with Gasteiger partial charge in [0.05, 0.1) is 5.52 Å². The van der Waals surface area contributed by atoms with Crippen molar-refractivity contribution in [2.45, 2.75) is 38.6 Å². The Kier molecular flexibility index (Phi) is 4.89. The molecule has 0 radical (unpaired) electrons. The first-order valence-corrected chi connectivity index (χ1v) is 8.62.